The number of carbonyl (C=O) groups excluding carboxylic acids is 1. The minimum Gasteiger partial charge on any atom is -0.459 e. The standard InChI is InChI=1S/C22H30N2O2/c1-21(2,3)26-20(25)22(24,14-9-15-23)16-18-12-7-8-13-19(18)17-10-5-4-6-11-17/h4-8,10-13H,9,14-16,23-24H2,1-3H3. The average Bonchev–Trinajstić information content (AvgIpc) is 2.60. The highest BCUT2D eigenvalue weighted by Crippen LogP contribution is 2.29. The van der Waals surface area contributed by atoms with Crippen molar-refractivity contribution in [2.75, 3.05) is 6.54 Å². The molecular weight excluding hydrogens is 324 g/mol. The topological polar surface area (TPSA) is 78.3 Å². The fourth-order valence-electron chi connectivity index (χ4n) is 2.97. The van der Waals surface area contributed by atoms with Crippen molar-refractivity contribution < 1.29 is 9.53 Å². The molecule has 26 heavy (non-hydrogen) atoms. The van der Waals surface area contributed by atoms with Gasteiger partial charge in [0, 0.05) is 6.42 Å². The first-order chi connectivity index (χ1) is 12.2. The van der Waals surface area contributed by atoms with E-state index in [4.69, 9.17) is 16.2 Å². The van der Waals surface area contributed by atoms with Crippen LogP contribution in [0.2, 0.25) is 0 Å². The molecule has 2 aromatic carbocycles. The summed E-state index contributed by atoms with van der Waals surface area (Å²) in [6.45, 7) is 6.05. The Labute approximate surface area is 156 Å². The minimum atomic E-state index is -1.10. The second-order valence-corrected chi connectivity index (χ2v) is 7.75. The number of benzene rings is 2. The van der Waals surface area contributed by atoms with E-state index >= 15 is 0 Å². The Hall–Kier alpha value is -2.17. The molecule has 4 heteroatoms. The van der Waals surface area contributed by atoms with E-state index in [-0.39, 0.29) is 5.97 Å². The maximum atomic E-state index is 12.9. The molecule has 4 nitrogen and oxygen atoms in total. The summed E-state index contributed by atoms with van der Waals surface area (Å²) in [7, 11) is 0. The molecule has 0 spiro atoms. The molecule has 0 bridgehead atoms. The SMILES string of the molecule is CC(C)(C)OC(=O)C(N)(CCCN)Cc1ccccc1-c1ccccc1. The molecule has 0 saturated carbocycles. The van der Waals surface area contributed by atoms with E-state index in [0.717, 1.165) is 16.7 Å². The Morgan fingerprint density at radius 1 is 1.00 bits per heavy atom. The van der Waals surface area contributed by atoms with Gasteiger partial charge in [0.05, 0.1) is 0 Å². The van der Waals surface area contributed by atoms with E-state index in [1.807, 2.05) is 57.2 Å². The van der Waals surface area contributed by atoms with Crippen LogP contribution in [-0.2, 0) is 16.0 Å². The van der Waals surface area contributed by atoms with Gasteiger partial charge in [-0.2, -0.15) is 0 Å². The van der Waals surface area contributed by atoms with Crippen LogP contribution in [0.5, 0.6) is 0 Å². The van der Waals surface area contributed by atoms with Gasteiger partial charge in [-0.05, 0) is 56.8 Å². The van der Waals surface area contributed by atoms with Gasteiger partial charge in [-0.1, -0.05) is 54.6 Å². The number of ether oxygens (including phenoxy) is 1. The highest BCUT2D eigenvalue weighted by molar-refractivity contribution is 5.82. The third kappa shape index (κ3) is 5.41. The zero-order chi connectivity index (χ0) is 19.2. The molecule has 0 radical (unpaired) electrons. The lowest BCUT2D eigenvalue weighted by Crippen LogP contribution is -2.53. The van der Waals surface area contributed by atoms with Gasteiger partial charge < -0.3 is 16.2 Å². The molecule has 1 unspecified atom stereocenters. The lowest BCUT2D eigenvalue weighted by Gasteiger charge is -2.32. The van der Waals surface area contributed by atoms with Crippen LogP contribution in [0.3, 0.4) is 0 Å². The number of nitrogens with two attached hydrogens (primary N) is 2. The maximum absolute atomic E-state index is 12.9. The first-order valence-corrected chi connectivity index (χ1v) is 9.11. The van der Waals surface area contributed by atoms with Crippen LogP contribution in [-0.4, -0.2) is 23.7 Å². The van der Waals surface area contributed by atoms with E-state index in [9.17, 15) is 4.79 Å². The molecule has 4 N–H and O–H groups in total. The summed E-state index contributed by atoms with van der Waals surface area (Å²) in [5.41, 5.74) is 13.8. The van der Waals surface area contributed by atoms with Crippen molar-refractivity contribution in [3.05, 3.63) is 60.2 Å². The first-order valence-electron chi connectivity index (χ1n) is 9.11. The Morgan fingerprint density at radius 3 is 2.23 bits per heavy atom. The predicted molar refractivity (Wildman–Crippen MR) is 107 cm³/mol. The Balaban J connectivity index is 2.36. The zero-order valence-electron chi connectivity index (χ0n) is 16.0. The van der Waals surface area contributed by atoms with Crippen molar-refractivity contribution in [2.45, 2.75) is 51.2 Å². The third-order valence-electron chi connectivity index (χ3n) is 4.24. The number of esters is 1. The molecule has 0 aliphatic carbocycles. The molecule has 0 aromatic heterocycles. The highest BCUT2D eigenvalue weighted by Gasteiger charge is 2.38. The van der Waals surface area contributed by atoms with Crippen LogP contribution in [0.25, 0.3) is 11.1 Å². The lowest BCUT2D eigenvalue weighted by atomic mass is 9.84. The van der Waals surface area contributed by atoms with Crippen molar-refractivity contribution in [3.8, 4) is 11.1 Å². The quantitative estimate of drug-likeness (QED) is 0.744. The summed E-state index contributed by atoms with van der Waals surface area (Å²) in [5.74, 6) is -0.374. The Bertz CT molecular complexity index is 722. The van der Waals surface area contributed by atoms with Gasteiger partial charge in [-0.25, -0.2) is 0 Å². The summed E-state index contributed by atoms with van der Waals surface area (Å²) in [4.78, 5) is 12.9. The summed E-state index contributed by atoms with van der Waals surface area (Å²) >= 11 is 0. The summed E-state index contributed by atoms with van der Waals surface area (Å²) < 4.78 is 5.61. The molecule has 0 saturated heterocycles. The molecule has 0 aliphatic heterocycles. The van der Waals surface area contributed by atoms with Crippen molar-refractivity contribution >= 4 is 5.97 Å². The zero-order valence-corrected chi connectivity index (χ0v) is 16.0. The maximum Gasteiger partial charge on any atom is 0.326 e. The fourth-order valence-corrected chi connectivity index (χ4v) is 2.97. The number of hydrogen-bond acceptors (Lipinski definition) is 4. The van der Waals surface area contributed by atoms with E-state index in [1.165, 1.54) is 0 Å². The van der Waals surface area contributed by atoms with Crippen LogP contribution in [0.1, 0.15) is 39.2 Å². The van der Waals surface area contributed by atoms with Gasteiger partial charge in [0.1, 0.15) is 11.1 Å². The van der Waals surface area contributed by atoms with Gasteiger partial charge in [-0.3, -0.25) is 4.79 Å². The second kappa shape index (κ2) is 8.47. The van der Waals surface area contributed by atoms with E-state index < -0.39 is 11.1 Å². The minimum absolute atomic E-state index is 0.374. The molecule has 0 fully saturated rings. The lowest BCUT2D eigenvalue weighted by molar-refractivity contribution is -0.162. The van der Waals surface area contributed by atoms with Gasteiger partial charge >= 0.3 is 5.97 Å². The van der Waals surface area contributed by atoms with Gasteiger partial charge in [0.25, 0.3) is 0 Å². The molecule has 0 amide bonds. The predicted octanol–water partition coefficient (Wildman–Crippen LogP) is 3.67. The summed E-state index contributed by atoms with van der Waals surface area (Å²) in [5, 5.41) is 0. The molecule has 2 aromatic rings. The van der Waals surface area contributed by atoms with Crippen LogP contribution in [0, 0.1) is 0 Å². The summed E-state index contributed by atoms with van der Waals surface area (Å²) in [6, 6.07) is 18.2. The van der Waals surface area contributed by atoms with Crippen molar-refractivity contribution in [1.29, 1.82) is 0 Å². The molecular formula is C22H30N2O2. The molecule has 0 aliphatic rings. The molecule has 1 atom stereocenters. The number of rotatable bonds is 7. The normalized spacial score (nSPS) is 13.9. The molecule has 2 rings (SSSR count). The van der Waals surface area contributed by atoms with Crippen molar-refractivity contribution in [1.82, 2.24) is 0 Å². The van der Waals surface area contributed by atoms with Crippen molar-refractivity contribution in [2.24, 2.45) is 11.5 Å². The Kier molecular flexibility index (Phi) is 6.57. The average molecular weight is 354 g/mol. The largest absolute Gasteiger partial charge is 0.459 e. The van der Waals surface area contributed by atoms with E-state index in [2.05, 4.69) is 18.2 Å². The smallest absolute Gasteiger partial charge is 0.326 e. The summed E-state index contributed by atoms with van der Waals surface area (Å²) in [6.07, 6.45) is 1.57. The van der Waals surface area contributed by atoms with Crippen LogP contribution < -0.4 is 11.5 Å². The number of carbonyl (C=O) groups is 1. The molecule has 140 valence electrons. The fraction of sp³-hybridized carbons (Fsp3) is 0.409. The first kappa shape index (κ1) is 20.1. The van der Waals surface area contributed by atoms with Gasteiger partial charge in [0.15, 0.2) is 0 Å². The molecule has 0 heterocycles. The van der Waals surface area contributed by atoms with Gasteiger partial charge in [-0.15, -0.1) is 0 Å². The van der Waals surface area contributed by atoms with E-state index in [0.29, 0.717) is 25.8 Å². The van der Waals surface area contributed by atoms with Crippen LogP contribution >= 0.6 is 0 Å². The van der Waals surface area contributed by atoms with Crippen molar-refractivity contribution in [3.63, 3.8) is 0 Å². The van der Waals surface area contributed by atoms with Crippen LogP contribution in [0.15, 0.2) is 54.6 Å². The Morgan fingerprint density at radius 2 is 1.62 bits per heavy atom. The highest BCUT2D eigenvalue weighted by atomic mass is 16.6. The van der Waals surface area contributed by atoms with E-state index in [1.54, 1.807) is 0 Å². The third-order valence-corrected chi connectivity index (χ3v) is 4.24. The monoisotopic (exact) mass is 354 g/mol. The number of hydrogen-bond donors (Lipinski definition) is 2. The van der Waals surface area contributed by atoms with Crippen LogP contribution in [0.4, 0.5) is 0 Å². The van der Waals surface area contributed by atoms with Gasteiger partial charge in [0.2, 0.25) is 0 Å². The second-order valence-electron chi connectivity index (χ2n) is 7.75.